The van der Waals surface area contributed by atoms with Crippen molar-refractivity contribution in [3.8, 4) is 0 Å². The van der Waals surface area contributed by atoms with Gasteiger partial charge in [0.1, 0.15) is 5.69 Å². The first-order valence-electron chi connectivity index (χ1n) is 7.85. The Morgan fingerprint density at radius 2 is 1.71 bits per heavy atom. The van der Waals surface area contributed by atoms with Gasteiger partial charge in [0.25, 0.3) is 5.69 Å². The summed E-state index contributed by atoms with van der Waals surface area (Å²) >= 11 is 5.70. The molecule has 152 valence electrons. The average molecular weight is 438 g/mol. The lowest BCUT2D eigenvalue weighted by atomic mass is 10.1. The minimum atomic E-state index is -4.69. The highest BCUT2D eigenvalue weighted by Gasteiger charge is 2.33. The van der Waals surface area contributed by atoms with Gasteiger partial charge in [0.2, 0.25) is 10.0 Å². The summed E-state index contributed by atoms with van der Waals surface area (Å²) in [7, 11) is -3.74. The van der Waals surface area contributed by atoms with Crippen LogP contribution in [0.25, 0.3) is 0 Å². The molecule has 0 saturated carbocycles. The Morgan fingerprint density at radius 1 is 1.07 bits per heavy atom. The van der Waals surface area contributed by atoms with E-state index in [4.69, 9.17) is 11.6 Å². The van der Waals surface area contributed by atoms with Crippen molar-refractivity contribution in [2.75, 3.05) is 18.4 Å². The van der Waals surface area contributed by atoms with Crippen LogP contribution in [-0.2, 0) is 16.2 Å². The van der Waals surface area contributed by atoms with Crippen molar-refractivity contribution in [3.63, 3.8) is 0 Å². The van der Waals surface area contributed by atoms with E-state index < -0.39 is 32.4 Å². The summed E-state index contributed by atoms with van der Waals surface area (Å²) in [5.41, 5.74) is -1.92. The highest BCUT2D eigenvalue weighted by atomic mass is 35.5. The molecular formula is C16H15ClF3N3O4S. The standard InChI is InChI=1S/C16H15ClF3N3O4S/c17-12-3-5-13(6-4-12)28(26,27)22-9-1-8-21-14-7-2-11(16(18,19)20)10-15(14)23(24)25/h2-7,10,21-22H,1,8-9H2. The Kier molecular flexibility index (Phi) is 6.86. The van der Waals surface area contributed by atoms with Crippen LogP contribution in [0.5, 0.6) is 0 Å². The number of hydrogen-bond donors (Lipinski definition) is 2. The number of halogens is 4. The number of alkyl halides is 3. The monoisotopic (exact) mass is 437 g/mol. The van der Waals surface area contributed by atoms with Crippen LogP contribution in [-0.4, -0.2) is 26.4 Å². The number of hydrogen-bond acceptors (Lipinski definition) is 5. The molecule has 7 nitrogen and oxygen atoms in total. The smallest absolute Gasteiger partial charge is 0.379 e. The molecule has 0 aliphatic carbocycles. The van der Waals surface area contributed by atoms with E-state index in [-0.39, 0.29) is 30.1 Å². The Morgan fingerprint density at radius 3 is 2.29 bits per heavy atom. The number of nitro benzene ring substituents is 1. The maximum absolute atomic E-state index is 12.7. The summed E-state index contributed by atoms with van der Waals surface area (Å²) in [5.74, 6) is 0. The fourth-order valence-electron chi connectivity index (χ4n) is 2.22. The molecule has 0 radical (unpaired) electrons. The maximum Gasteiger partial charge on any atom is 0.416 e. The van der Waals surface area contributed by atoms with Crippen LogP contribution < -0.4 is 10.0 Å². The summed E-state index contributed by atoms with van der Waals surface area (Å²) in [6, 6.07) is 7.70. The average Bonchev–Trinajstić information content (AvgIpc) is 2.60. The molecule has 0 bridgehead atoms. The maximum atomic E-state index is 12.7. The minimum Gasteiger partial charge on any atom is -0.379 e. The third-order valence-corrected chi connectivity index (χ3v) is 5.34. The van der Waals surface area contributed by atoms with Gasteiger partial charge < -0.3 is 5.32 Å². The number of sulfonamides is 1. The van der Waals surface area contributed by atoms with Gasteiger partial charge in [0, 0.05) is 24.2 Å². The second-order valence-electron chi connectivity index (χ2n) is 5.62. The zero-order chi connectivity index (χ0) is 20.9. The van der Waals surface area contributed by atoms with Crippen LogP contribution >= 0.6 is 11.6 Å². The Hall–Kier alpha value is -2.37. The fourth-order valence-corrected chi connectivity index (χ4v) is 3.42. The molecule has 2 aromatic carbocycles. The van der Waals surface area contributed by atoms with Crippen molar-refractivity contribution < 1.29 is 26.5 Å². The van der Waals surface area contributed by atoms with Crippen LogP contribution in [0.2, 0.25) is 5.02 Å². The first-order chi connectivity index (χ1) is 13.0. The zero-order valence-electron chi connectivity index (χ0n) is 14.2. The molecule has 28 heavy (non-hydrogen) atoms. The van der Waals surface area contributed by atoms with Gasteiger partial charge in [-0.15, -0.1) is 0 Å². The van der Waals surface area contributed by atoms with E-state index in [0.717, 1.165) is 12.1 Å². The zero-order valence-corrected chi connectivity index (χ0v) is 15.7. The van der Waals surface area contributed by atoms with Crippen LogP contribution in [0.3, 0.4) is 0 Å². The molecule has 0 aromatic heterocycles. The van der Waals surface area contributed by atoms with Crippen molar-refractivity contribution in [3.05, 3.63) is 63.2 Å². The molecule has 0 unspecified atom stereocenters. The first-order valence-corrected chi connectivity index (χ1v) is 9.71. The van der Waals surface area contributed by atoms with E-state index in [1.807, 2.05) is 0 Å². The highest BCUT2D eigenvalue weighted by molar-refractivity contribution is 7.89. The molecule has 0 atom stereocenters. The second kappa shape index (κ2) is 8.76. The van der Waals surface area contributed by atoms with Crippen molar-refractivity contribution >= 4 is 33.0 Å². The van der Waals surface area contributed by atoms with Crippen molar-refractivity contribution in [2.24, 2.45) is 0 Å². The molecule has 2 rings (SSSR count). The molecule has 0 saturated heterocycles. The quantitative estimate of drug-likeness (QED) is 0.368. The number of nitro groups is 1. The SMILES string of the molecule is O=[N+]([O-])c1cc(C(F)(F)F)ccc1NCCCNS(=O)(=O)c1ccc(Cl)cc1. The molecule has 0 aliphatic rings. The van der Waals surface area contributed by atoms with E-state index in [9.17, 15) is 31.7 Å². The molecule has 0 fully saturated rings. The van der Waals surface area contributed by atoms with Gasteiger partial charge in [-0.05, 0) is 42.8 Å². The number of anilines is 1. The second-order valence-corrected chi connectivity index (χ2v) is 7.82. The minimum absolute atomic E-state index is 0.0202. The molecule has 0 amide bonds. The van der Waals surface area contributed by atoms with Crippen LogP contribution in [0.4, 0.5) is 24.5 Å². The lowest BCUT2D eigenvalue weighted by molar-refractivity contribution is -0.384. The van der Waals surface area contributed by atoms with Gasteiger partial charge in [-0.3, -0.25) is 10.1 Å². The molecular weight excluding hydrogens is 423 g/mol. The van der Waals surface area contributed by atoms with Crippen LogP contribution in [0, 0.1) is 10.1 Å². The molecule has 2 N–H and O–H groups in total. The van der Waals surface area contributed by atoms with E-state index >= 15 is 0 Å². The predicted octanol–water partition coefficient (Wildman–Crippen LogP) is 4.05. The normalized spacial score (nSPS) is 12.0. The Labute approximate surface area is 163 Å². The molecule has 12 heteroatoms. The third-order valence-electron chi connectivity index (χ3n) is 3.61. The number of nitrogens with one attached hydrogen (secondary N) is 2. The molecule has 0 heterocycles. The summed E-state index contributed by atoms with van der Waals surface area (Å²) in [6.07, 6.45) is -4.45. The molecule has 0 spiro atoms. The van der Waals surface area contributed by atoms with Crippen molar-refractivity contribution in [1.82, 2.24) is 4.72 Å². The summed E-state index contributed by atoms with van der Waals surface area (Å²) in [5, 5.41) is 14.0. The van der Waals surface area contributed by atoms with Gasteiger partial charge in [-0.1, -0.05) is 11.6 Å². The van der Waals surface area contributed by atoms with Crippen LogP contribution in [0.15, 0.2) is 47.4 Å². The molecule has 2 aromatic rings. The van der Waals surface area contributed by atoms with Gasteiger partial charge in [0.05, 0.1) is 15.4 Å². The van der Waals surface area contributed by atoms with Gasteiger partial charge in [-0.2, -0.15) is 13.2 Å². The van der Waals surface area contributed by atoms with Gasteiger partial charge >= 0.3 is 6.18 Å². The first kappa shape index (κ1) is 21.9. The highest BCUT2D eigenvalue weighted by Crippen LogP contribution is 2.34. The third kappa shape index (κ3) is 5.81. The van der Waals surface area contributed by atoms with Crippen LogP contribution in [0.1, 0.15) is 12.0 Å². The number of rotatable bonds is 8. The van der Waals surface area contributed by atoms with E-state index in [1.54, 1.807) is 0 Å². The lowest BCUT2D eigenvalue weighted by Crippen LogP contribution is -2.26. The fraction of sp³-hybridized carbons (Fsp3) is 0.250. The van der Waals surface area contributed by atoms with E-state index in [1.165, 1.54) is 24.3 Å². The van der Waals surface area contributed by atoms with Gasteiger partial charge in [0.15, 0.2) is 0 Å². The topological polar surface area (TPSA) is 101 Å². The van der Waals surface area contributed by atoms with E-state index in [0.29, 0.717) is 11.1 Å². The van der Waals surface area contributed by atoms with Crippen molar-refractivity contribution in [2.45, 2.75) is 17.5 Å². The Balaban J connectivity index is 1.93. The van der Waals surface area contributed by atoms with E-state index in [2.05, 4.69) is 10.0 Å². The summed E-state index contributed by atoms with van der Waals surface area (Å²) in [6.45, 7) is 0.127. The van der Waals surface area contributed by atoms with Crippen molar-refractivity contribution in [1.29, 1.82) is 0 Å². The number of benzene rings is 2. The lowest BCUT2D eigenvalue weighted by Gasteiger charge is -2.11. The molecule has 0 aliphatic heterocycles. The summed E-state index contributed by atoms with van der Waals surface area (Å²) < 4.78 is 64.5. The summed E-state index contributed by atoms with van der Waals surface area (Å²) in [4.78, 5) is 10.1. The Bertz CT molecular complexity index is 951. The van der Waals surface area contributed by atoms with Gasteiger partial charge in [-0.25, -0.2) is 13.1 Å². The number of nitrogens with zero attached hydrogens (tertiary/aromatic N) is 1. The largest absolute Gasteiger partial charge is 0.416 e. The predicted molar refractivity (Wildman–Crippen MR) is 97.8 cm³/mol.